The third-order valence-corrected chi connectivity index (χ3v) is 11.8. The monoisotopic (exact) mass is 438 g/mol. The maximum absolute atomic E-state index is 7.05. The van der Waals surface area contributed by atoms with Crippen molar-refractivity contribution in [3.8, 4) is 0 Å². The summed E-state index contributed by atoms with van der Waals surface area (Å²) in [6, 6.07) is 0.570. The molecule has 4 aliphatic carbocycles. The second kappa shape index (κ2) is 7.67. The first-order chi connectivity index (χ1) is 15.3. The summed E-state index contributed by atoms with van der Waals surface area (Å²) < 4.78 is 7.05. The lowest BCUT2D eigenvalue weighted by Crippen LogP contribution is -2.48. The molecule has 5 fully saturated rings. The Morgan fingerprint density at radius 1 is 1.09 bits per heavy atom. The Morgan fingerprint density at radius 2 is 1.94 bits per heavy atom. The van der Waals surface area contributed by atoms with Crippen LogP contribution in [-0.2, 0) is 4.74 Å². The van der Waals surface area contributed by atoms with E-state index in [1.807, 2.05) is 12.6 Å². The molecule has 0 aromatic heterocycles. The number of nitrogens with one attached hydrogen (secondary N) is 1. The highest BCUT2D eigenvalue weighted by Crippen LogP contribution is 2.65. The van der Waals surface area contributed by atoms with Crippen LogP contribution in [0.15, 0.2) is 16.1 Å². The topological polar surface area (TPSA) is 33.6 Å². The molecule has 6 rings (SSSR count). The van der Waals surface area contributed by atoms with Gasteiger partial charge in [-0.25, -0.2) is 0 Å². The largest absolute Gasteiger partial charge is 0.369 e. The molecule has 0 aromatic carbocycles. The van der Waals surface area contributed by atoms with Gasteiger partial charge in [-0.3, -0.25) is 4.99 Å². The summed E-state index contributed by atoms with van der Waals surface area (Å²) in [4.78, 5) is 4.62. The second-order valence-corrected chi connectivity index (χ2v) is 13.2. The predicted molar refractivity (Wildman–Crippen MR) is 132 cm³/mol. The van der Waals surface area contributed by atoms with Crippen molar-refractivity contribution in [2.75, 3.05) is 13.6 Å². The lowest BCUT2D eigenvalue weighted by molar-refractivity contribution is -0.0734. The van der Waals surface area contributed by atoms with Crippen LogP contribution < -0.4 is 5.32 Å². The van der Waals surface area contributed by atoms with Crippen LogP contribution in [0.5, 0.6) is 0 Å². The molecular weight excluding hydrogens is 392 g/mol. The van der Waals surface area contributed by atoms with Crippen LogP contribution in [0.3, 0.4) is 0 Å². The predicted octanol–water partition coefficient (Wildman–Crippen LogP) is 6.18. The van der Waals surface area contributed by atoms with Crippen LogP contribution in [0, 0.1) is 40.9 Å². The molecule has 2 aliphatic heterocycles. The summed E-state index contributed by atoms with van der Waals surface area (Å²) in [5, 5.41) is 3.88. The van der Waals surface area contributed by atoms with E-state index in [-0.39, 0.29) is 5.60 Å². The molecular formula is C29H46N2O. The van der Waals surface area contributed by atoms with Crippen LogP contribution in [0.1, 0.15) is 91.9 Å². The fourth-order valence-electron chi connectivity index (χ4n) is 9.83. The average Bonchev–Trinajstić information content (AvgIpc) is 3.23. The van der Waals surface area contributed by atoms with Crippen LogP contribution in [-0.4, -0.2) is 37.1 Å². The molecule has 1 N–H and O–H groups in total. The molecule has 10 atom stereocenters. The highest BCUT2D eigenvalue weighted by Gasteiger charge is 2.59. The Balaban J connectivity index is 1.27. The Bertz CT molecular complexity index is 831. The maximum Gasteiger partial charge on any atom is 0.0765 e. The van der Waals surface area contributed by atoms with E-state index in [2.05, 4.69) is 38.0 Å². The van der Waals surface area contributed by atoms with Crippen molar-refractivity contribution in [3.05, 3.63) is 11.1 Å². The van der Waals surface area contributed by atoms with Crippen LogP contribution in [0.25, 0.3) is 0 Å². The standard InChI is InChI=1S/C29H46N2O/c1-17-12-26-27(31-16-17)19(3)29(32-26)11-9-22-23-7-6-20-13-21(30-5)8-10-28(20,4)25(23)14-24(22)18(2)15-29/h17,19-20,22-23,25-27,31H,6-16H2,1-5H3/t17-,19+,20+,22-,23-,25-,26+,27-,28-,29-/m0/s1. The van der Waals surface area contributed by atoms with Gasteiger partial charge >= 0.3 is 0 Å². The Kier molecular flexibility index (Phi) is 5.23. The van der Waals surface area contributed by atoms with Gasteiger partial charge < -0.3 is 10.1 Å². The molecule has 32 heavy (non-hydrogen) atoms. The van der Waals surface area contributed by atoms with E-state index in [1.165, 1.54) is 76.5 Å². The zero-order valence-electron chi connectivity index (χ0n) is 21.3. The first-order valence-electron chi connectivity index (χ1n) is 13.9. The number of piperidine rings is 1. The normalized spacial score (nSPS) is 54.2. The van der Waals surface area contributed by atoms with E-state index in [9.17, 15) is 0 Å². The quantitative estimate of drug-likeness (QED) is 0.458. The summed E-state index contributed by atoms with van der Waals surface area (Å²) in [6.07, 6.45) is 13.7. The Hall–Kier alpha value is -0.670. The van der Waals surface area contributed by atoms with Gasteiger partial charge in [0, 0.05) is 24.7 Å². The first kappa shape index (κ1) is 21.8. The van der Waals surface area contributed by atoms with Crippen molar-refractivity contribution in [1.82, 2.24) is 5.32 Å². The average molecular weight is 439 g/mol. The number of rotatable bonds is 0. The zero-order valence-corrected chi connectivity index (χ0v) is 21.3. The van der Waals surface area contributed by atoms with Crippen LogP contribution >= 0.6 is 0 Å². The minimum absolute atomic E-state index is 0.0851. The summed E-state index contributed by atoms with van der Waals surface area (Å²) in [5.74, 6) is 4.92. The summed E-state index contributed by atoms with van der Waals surface area (Å²) >= 11 is 0. The van der Waals surface area contributed by atoms with Crippen LogP contribution in [0.4, 0.5) is 0 Å². The third kappa shape index (κ3) is 3.09. The molecule has 0 radical (unpaired) electrons. The van der Waals surface area contributed by atoms with E-state index >= 15 is 0 Å². The number of ether oxygens (including phenoxy) is 1. The summed E-state index contributed by atoms with van der Waals surface area (Å²) in [5.41, 5.74) is 5.71. The van der Waals surface area contributed by atoms with Crippen molar-refractivity contribution in [2.24, 2.45) is 45.9 Å². The minimum atomic E-state index is 0.0851. The van der Waals surface area contributed by atoms with Gasteiger partial charge in [0.2, 0.25) is 0 Å². The molecule has 3 saturated carbocycles. The van der Waals surface area contributed by atoms with Crippen molar-refractivity contribution >= 4 is 5.71 Å². The number of allylic oxidation sites excluding steroid dienone is 1. The summed E-state index contributed by atoms with van der Waals surface area (Å²) in [6.45, 7) is 11.2. The minimum Gasteiger partial charge on any atom is -0.369 e. The van der Waals surface area contributed by atoms with Gasteiger partial charge in [0.1, 0.15) is 0 Å². The fourth-order valence-corrected chi connectivity index (χ4v) is 9.83. The van der Waals surface area contributed by atoms with E-state index in [0.717, 1.165) is 29.6 Å². The van der Waals surface area contributed by atoms with Gasteiger partial charge in [-0.05, 0) is 113 Å². The highest BCUT2D eigenvalue weighted by molar-refractivity contribution is 5.85. The van der Waals surface area contributed by atoms with Gasteiger partial charge in [-0.15, -0.1) is 0 Å². The molecule has 0 amide bonds. The number of nitrogens with zero attached hydrogens (tertiary/aromatic N) is 1. The maximum atomic E-state index is 7.05. The Labute approximate surface area is 196 Å². The van der Waals surface area contributed by atoms with Gasteiger partial charge in [-0.1, -0.05) is 31.9 Å². The lowest BCUT2D eigenvalue weighted by atomic mass is 9.52. The third-order valence-electron chi connectivity index (χ3n) is 11.8. The van der Waals surface area contributed by atoms with Crippen molar-refractivity contribution in [1.29, 1.82) is 0 Å². The molecule has 2 heterocycles. The van der Waals surface area contributed by atoms with Gasteiger partial charge in [0.15, 0.2) is 0 Å². The SMILES string of the molecule is CN=C1CC[C@@]2(C)[C@H](CC[C@H]3[C@@H]4CC[C@@]5(CC(C)=C4C[C@@H]32)O[C@@H]2C[C@H](C)CN[C@H]2[C@H]5C)C1. The smallest absolute Gasteiger partial charge is 0.0765 e. The van der Waals surface area contributed by atoms with E-state index < -0.39 is 0 Å². The van der Waals surface area contributed by atoms with Gasteiger partial charge in [0.25, 0.3) is 0 Å². The first-order valence-corrected chi connectivity index (χ1v) is 13.9. The molecule has 0 aromatic rings. The molecule has 6 aliphatic rings. The van der Waals surface area contributed by atoms with E-state index in [1.54, 1.807) is 5.57 Å². The molecule has 178 valence electrons. The molecule has 3 nitrogen and oxygen atoms in total. The summed E-state index contributed by atoms with van der Waals surface area (Å²) in [7, 11) is 2.01. The molecule has 0 bridgehead atoms. The molecule has 0 unspecified atom stereocenters. The van der Waals surface area contributed by atoms with E-state index in [4.69, 9.17) is 4.74 Å². The van der Waals surface area contributed by atoms with Gasteiger partial charge in [-0.2, -0.15) is 0 Å². The Morgan fingerprint density at radius 3 is 2.75 bits per heavy atom. The number of fused-ring (bicyclic) bond motifs is 6. The van der Waals surface area contributed by atoms with E-state index in [0.29, 0.717) is 23.5 Å². The van der Waals surface area contributed by atoms with Crippen molar-refractivity contribution in [2.45, 2.75) is 110 Å². The fraction of sp³-hybridized carbons (Fsp3) is 0.897. The second-order valence-electron chi connectivity index (χ2n) is 13.2. The van der Waals surface area contributed by atoms with Crippen molar-refractivity contribution < 1.29 is 4.74 Å². The molecule has 1 spiro atoms. The van der Waals surface area contributed by atoms with Crippen molar-refractivity contribution in [3.63, 3.8) is 0 Å². The molecule has 3 heteroatoms. The highest BCUT2D eigenvalue weighted by atomic mass is 16.5. The van der Waals surface area contributed by atoms with Gasteiger partial charge in [0.05, 0.1) is 11.7 Å². The number of hydrogen-bond acceptors (Lipinski definition) is 3. The lowest BCUT2D eigenvalue weighted by Gasteiger charge is -2.53. The zero-order chi connectivity index (χ0) is 22.3. The number of hydrogen-bond donors (Lipinski definition) is 1. The number of aliphatic imine (C=N–C) groups is 1. The van der Waals surface area contributed by atoms with Crippen LogP contribution in [0.2, 0.25) is 0 Å². The molecule has 2 saturated heterocycles.